The summed E-state index contributed by atoms with van der Waals surface area (Å²) in [7, 11) is 2.28. The highest BCUT2D eigenvalue weighted by atomic mass is 16.2. The van der Waals surface area contributed by atoms with Crippen LogP contribution in [0.1, 0.15) is 72.6 Å². The number of nitrogens with one attached hydrogen (secondary N) is 1. The summed E-state index contributed by atoms with van der Waals surface area (Å²) in [6, 6.07) is 1.46. The van der Waals surface area contributed by atoms with Crippen molar-refractivity contribution in [1.29, 1.82) is 0 Å². The number of rotatable bonds is 10. The summed E-state index contributed by atoms with van der Waals surface area (Å²) in [6.07, 6.45) is 8.65. The van der Waals surface area contributed by atoms with Crippen LogP contribution in [-0.4, -0.2) is 85.0 Å². The van der Waals surface area contributed by atoms with Gasteiger partial charge in [0.05, 0.1) is 6.04 Å². The predicted octanol–water partition coefficient (Wildman–Crippen LogP) is 3.44. The average Bonchev–Trinajstić information content (AvgIpc) is 3.55. The summed E-state index contributed by atoms with van der Waals surface area (Å²) in [5, 5.41) is 3.68. The fraction of sp³-hybridized carbons (Fsp3) is 0.960. The Morgan fingerprint density at radius 3 is 2.33 bits per heavy atom. The number of amides is 1. The van der Waals surface area contributed by atoms with E-state index in [0.29, 0.717) is 23.8 Å². The normalized spacial score (nSPS) is 25.5. The lowest BCUT2D eigenvalue weighted by Crippen LogP contribution is -2.59. The van der Waals surface area contributed by atoms with Gasteiger partial charge in [-0.15, -0.1) is 0 Å². The van der Waals surface area contributed by atoms with Gasteiger partial charge in [0.25, 0.3) is 0 Å². The maximum absolute atomic E-state index is 13.6. The van der Waals surface area contributed by atoms with Gasteiger partial charge < -0.3 is 15.1 Å². The van der Waals surface area contributed by atoms with Crippen molar-refractivity contribution in [1.82, 2.24) is 20.0 Å². The second-order valence-corrected chi connectivity index (χ2v) is 11.2. The summed E-state index contributed by atoms with van der Waals surface area (Å²) < 4.78 is 0. The third-order valence-corrected chi connectivity index (χ3v) is 7.45. The van der Waals surface area contributed by atoms with Crippen LogP contribution >= 0.6 is 0 Å². The van der Waals surface area contributed by atoms with Crippen molar-refractivity contribution in [3.8, 4) is 0 Å². The Morgan fingerprint density at radius 1 is 1.03 bits per heavy atom. The first-order valence-electron chi connectivity index (χ1n) is 12.8. The summed E-state index contributed by atoms with van der Waals surface area (Å²) in [5.41, 5.74) is 0. The van der Waals surface area contributed by atoms with Crippen LogP contribution in [0.15, 0.2) is 0 Å². The number of carbonyl (C=O) groups excluding carboxylic acids is 1. The van der Waals surface area contributed by atoms with Crippen LogP contribution in [0.4, 0.5) is 0 Å². The summed E-state index contributed by atoms with van der Waals surface area (Å²) >= 11 is 0. The van der Waals surface area contributed by atoms with Gasteiger partial charge in [-0.1, -0.05) is 27.7 Å². The molecule has 1 aliphatic carbocycles. The number of hydrogen-bond acceptors (Lipinski definition) is 4. The molecule has 0 spiro atoms. The van der Waals surface area contributed by atoms with Gasteiger partial charge in [0.15, 0.2) is 0 Å². The van der Waals surface area contributed by atoms with E-state index in [4.69, 9.17) is 0 Å². The van der Waals surface area contributed by atoms with Crippen molar-refractivity contribution in [2.24, 2.45) is 17.8 Å². The highest BCUT2D eigenvalue weighted by Crippen LogP contribution is 2.28. The number of likely N-dealkylation sites (tertiary alicyclic amines) is 1. The Bertz CT molecular complexity index is 525. The molecule has 0 aromatic carbocycles. The second-order valence-electron chi connectivity index (χ2n) is 11.2. The molecular weight excluding hydrogens is 372 g/mol. The standard InChI is InChI=1S/C25H48N4O/c1-19(2)16-22-18-29(15-11-26-22)24(17-20(3)4)25(30)28-13-9-21(10-14-28)8-12-27(5)23-6-7-23/h19-24,26H,6-18H2,1-5H3/t22-,24-/m0/s1. The first-order valence-corrected chi connectivity index (χ1v) is 12.8. The van der Waals surface area contributed by atoms with Crippen LogP contribution in [0.2, 0.25) is 0 Å². The van der Waals surface area contributed by atoms with Crippen molar-refractivity contribution in [3.05, 3.63) is 0 Å². The van der Waals surface area contributed by atoms with E-state index in [0.717, 1.165) is 51.1 Å². The molecule has 2 saturated heterocycles. The van der Waals surface area contributed by atoms with E-state index in [1.54, 1.807) is 0 Å². The Hall–Kier alpha value is -0.650. The van der Waals surface area contributed by atoms with Gasteiger partial charge in [-0.05, 0) is 76.3 Å². The van der Waals surface area contributed by atoms with Gasteiger partial charge in [-0.3, -0.25) is 9.69 Å². The predicted molar refractivity (Wildman–Crippen MR) is 126 cm³/mol. The van der Waals surface area contributed by atoms with Gasteiger partial charge in [0, 0.05) is 44.8 Å². The minimum absolute atomic E-state index is 0.0688. The molecule has 3 aliphatic rings. The van der Waals surface area contributed by atoms with Gasteiger partial charge >= 0.3 is 0 Å². The second kappa shape index (κ2) is 11.3. The van der Waals surface area contributed by atoms with Crippen molar-refractivity contribution < 1.29 is 4.79 Å². The van der Waals surface area contributed by atoms with Crippen LogP contribution in [0.5, 0.6) is 0 Å². The van der Waals surface area contributed by atoms with Crippen molar-refractivity contribution in [2.75, 3.05) is 46.3 Å². The van der Waals surface area contributed by atoms with E-state index in [9.17, 15) is 4.79 Å². The monoisotopic (exact) mass is 420 g/mol. The topological polar surface area (TPSA) is 38.8 Å². The summed E-state index contributed by atoms with van der Waals surface area (Å²) in [6.45, 7) is 15.3. The number of piperazine rings is 1. The van der Waals surface area contributed by atoms with Crippen LogP contribution in [0.3, 0.4) is 0 Å². The molecule has 5 nitrogen and oxygen atoms in total. The first-order chi connectivity index (χ1) is 14.3. The molecular formula is C25H48N4O. The molecule has 1 amide bonds. The zero-order valence-electron chi connectivity index (χ0n) is 20.4. The Balaban J connectivity index is 1.51. The molecule has 174 valence electrons. The van der Waals surface area contributed by atoms with Crippen molar-refractivity contribution in [3.63, 3.8) is 0 Å². The maximum atomic E-state index is 13.6. The fourth-order valence-electron chi connectivity index (χ4n) is 5.45. The van der Waals surface area contributed by atoms with Crippen molar-refractivity contribution in [2.45, 2.75) is 90.8 Å². The van der Waals surface area contributed by atoms with Crippen LogP contribution < -0.4 is 5.32 Å². The molecule has 0 bridgehead atoms. The zero-order valence-corrected chi connectivity index (χ0v) is 20.4. The molecule has 2 aliphatic heterocycles. The molecule has 0 aromatic rings. The Labute approximate surface area is 185 Å². The zero-order chi connectivity index (χ0) is 21.7. The van der Waals surface area contributed by atoms with Crippen LogP contribution in [-0.2, 0) is 4.79 Å². The number of piperidine rings is 1. The molecule has 1 saturated carbocycles. The van der Waals surface area contributed by atoms with Crippen molar-refractivity contribution >= 4 is 5.91 Å². The van der Waals surface area contributed by atoms with Gasteiger partial charge in [-0.2, -0.15) is 0 Å². The smallest absolute Gasteiger partial charge is 0.239 e. The number of carbonyl (C=O) groups is 1. The van der Waals surface area contributed by atoms with E-state index in [-0.39, 0.29) is 6.04 Å². The van der Waals surface area contributed by atoms with Crippen LogP contribution in [0.25, 0.3) is 0 Å². The number of nitrogens with zero attached hydrogens (tertiary/aromatic N) is 3. The minimum Gasteiger partial charge on any atom is -0.341 e. The van der Waals surface area contributed by atoms with Crippen LogP contribution in [0, 0.1) is 17.8 Å². The van der Waals surface area contributed by atoms with Gasteiger partial charge in [0.1, 0.15) is 0 Å². The summed E-state index contributed by atoms with van der Waals surface area (Å²) in [5.74, 6) is 2.45. The molecule has 3 rings (SSSR count). The molecule has 2 atom stereocenters. The third kappa shape index (κ3) is 7.20. The highest BCUT2D eigenvalue weighted by molar-refractivity contribution is 5.82. The lowest BCUT2D eigenvalue weighted by molar-refractivity contribution is -0.139. The van der Waals surface area contributed by atoms with E-state index < -0.39 is 0 Å². The van der Waals surface area contributed by atoms with E-state index in [1.807, 2.05) is 0 Å². The molecule has 3 fully saturated rings. The van der Waals surface area contributed by atoms with E-state index in [2.05, 4.69) is 54.8 Å². The molecule has 0 unspecified atom stereocenters. The van der Waals surface area contributed by atoms with E-state index in [1.165, 1.54) is 45.1 Å². The molecule has 2 heterocycles. The van der Waals surface area contributed by atoms with E-state index >= 15 is 0 Å². The molecule has 30 heavy (non-hydrogen) atoms. The Kier molecular flexibility index (Phi) is 9.03. The molecule has 0 radical (unpaired) electrons. The quantitative estimate of drug-likeness (QED) is 0.588. The largest absolute Gasteiger partial charge is 0.341 e. The minimum atomic E-state index is 0.0688. The lowest BCUT2D eigenvalue weighted by Gasteiger charge is -2.42. The Morgan fingerprint density at radius 2 is 1.73 bits per heavy atom. The molecule has 5 heteroatoms. The molecule has 1 N–H and O–H groups in total. The number of hydrogen-bond donors (Lipinski definition) is 1. The first kappa shape index (κ1) is 24.0. The van der Waals surface area contributed by atoms with Gasteiger partial charge in [0.2, 0.25) is 5.91 Å². The fourth-order valence-corrected chi connectivity index (χ4v) is 5.45. The third-order valence-electron chi connectivity index (χ3n) is 7.45. The summed E-state index contributed by atoms with van der Waals surface area (Å²) in [4.78, 5) is 20.8. The highest BCUT2D eigenvalue weighted by Gasteiger charge is 2.35. The molecule has 0 aromatic heterocycles. The maximum Gasteiger partial charge on any atom is 0.239 e. The average molecular weight is 421 g/mol. The lowest BCUT2D eigenvalue weighted by atomic mass is 9.92. The SMILES string of the molecule is CC(C)C[C@H]1CN([C@@H](CC(C)C)C(=O)N2CCC(CCN(C)C3CC3)CC2)CCN1. The van der Waals surface area contributed by atoms with Gasteiger partial charge in [-0.25, -0.2) is 0 Å².